The summed E-state index contributed by atoms with van der Waals surface area (Å²) < 4.78 is 23.8. The minimum atomic E-state index is -0.594. The lowest BCUT2D eigenvalue weighted by Crippen LogP contribution is -2.30. The maximum atomic E-state index is 12.8. The van der Waals surface area contributed by atoms with Gasteiger partial charge in [-0.15, -0.1) is 0 Å². The molecule has 1 aliphatic heterocycles. The molecule has 0 N–H and O–H groups in total. The Hall–Kier alpha value is -3.06. The second-order valence-electron chi connectivity index (χ2n) is 8.34. The summed E-state index contributed by atoms with van der Waals surface area (Å²) in [6.45, 7) is 5.24. The molecule has 0 spiro atoms. The second kappa shape index (κ2) is 8.82. The summed E-state index contributed by atoms with van der Waals surface area (Å²) in [6.07, 6.45) is 7.46. The number of hydrogen-bond donors (Lipinski definition) is 0. The summed E-state index contributed by atoms with van der Waals surface area (Å²) in [5.41, 5.74) is 2.32. The second-order valence-corrected chi connectivity index (χ2v) is 8.34. The average molecular weight is 440 g/mol. The van der Waals surface area contributed by atoms with E-state index < -0.39 is 5.97 Å². The van der Waals surface area contributed by atoms with E-state index in [1.165, 1.54) is 6.07 Å². The van der Waals surface area contributed by atoms with E-state index in [2.05, 4.69) is 19.1 Å². The first-order valence-electron chi connectivity index (χ1n) is 10.9. The van der Waals surface area contributed by atoms with Crippen LogP contribution in [0, 0.1) is 5.41 Å². The van der Waals surface area contributed by atoms with Gasteiger partial charge >= 0.3 is 5.97 Å². The van der Waals surface area contributed by atoms with Crippen LogP contribution in [0.2, 0.25) is 0 Å². The minimum absolute atomic E-state index is 0.0357. The highest BCUT2D eigenvalue weighted by Gasteiger charge is 2.42. The maximum Gasteiger partial charge on any atom is 0.343 e. The number of carbonyl (C=O) groups excluding carboxylic acids is 1. The summed E-state index contributed by atoms with van der Waals surface area (Å²) in [7, 11) is 3.26. The van der Waals surface area contributed by atoms with E-state index in [0.29, 0.717) is 24.7 Å². The highest BCUT2D eigenvalue weighted by molar-refractivity contribution is 5.89. The van der Waals surface area contributed by atoms with Gasteiger partial charge in [0.05, 0.1) is 26.0 Å². The Labute approximate surface area is 187 Å². The molecule has 2 aromatic rings. The zero-order valence-electron chi connectivity index (χ0n) is 19.0. The first-order chi connectivity index (χ1) is 15.4. The fraction of sp³-hybridized carbons (Fsp3) is 0.440. The van der Waals surface area contributed by atoms with Gasteiger partial charge in [-0.3, -0.25) is 4.79 Å². The van der Waals surface area contributed by atoms with Gasteiger partial charge in [0.15, 0.2) is 16.9 Å². The lowest BCUT2D eigenvalue weighted by molar-refractivity contribution is 0.0523. The number of pyridine rings is 1. The molecular weight excluding hydrogens is 410 g/mol. The third-order valence-corrected chi connectivity index (χ3v) is 6.15. The van der Waals surface area contributed by atoms with Gasteiger partial charge < -0.3 is 23.5 Å². The maximum absolute atomic E-state index is 12.8. The number of nitrogens with zero attached hydrogens (tertiary/aromatic N) is 1. The molecule has 170 valence electrons. The Balaban J connectivity index is 1.79. The van der Waals surface area contributed by atoms with Crippen molar-refractivity contribution >= 4 is 5.97 Å². The predicted octanol–water partition coefficient (Wildman–Crippen LogP) is 3.79. The highest BCUT2D eigenvalue weighted by atomic mass is 16.5. The minimum Gasteiger partial charge on any atom is -0.493 e. The lowest BCUT2D eigenvalue weighted by atomic mass is 9.83. The first kappa shape index (κ1) is 22.1. The van der Waals surface area contributed by atoms with Crippen LogP contribution in [0.15, 0.2) is 41.3 Å². The summed E-state index contributed by atoms with van der Waals surface area (Å²) in [6, 6.07) is 5.48. The fourth-order valence-electron chi connectivity index (χ4n) is 4.23. The molecule has 4 rings (SSSR count). The summed E-state index contributed by atoms with van der Waals surface area (Å²) in [5, 5.41) is 0. The zero-order chi connectivity index (χ0) is 22.9. The summed E-state index contributed by atoms with van der Waals surface area (Å²) in [4.78, 5) is 25.2. The highest BCUT2D eigenvalue weighted by Crippen LogP contribution is 2.51. The van der Waals surface area contributed by atoms with Crippen molar-refractivity contribution < 1.29 is 23.7 Å². The topological polar surface area (TPSA) is 76.0 Å². The van der Waals surface area contributed by atoms with E-state index in [1.54, 1.807) is 27.3 Å². The van der Waals surface area contributed by atoms with Crippen molar-refractivity contribution in [3.05, 3.63) is 57.9 Å². The number of hydrogen-bond acceptors (Lipinski definition) is 6. The molecule has 1 aliphatic carbocycles. The number of fused-ring (bicyclic) bond motifs is 3. The van der Waals surface area contributed by atoms with Gasteiger partial charge in [0.1, 0.15) is 5.56 Å². The molecule has 2 aliphatic rings. The van der Waals surface area contributed by atoms with Crippen LogP contribution in [-0.2, 0) is 15.9 Å². The van der Waals surface area contributed by atoms with Gasteiger partial charge in [-0.25, -0.2) is 4.79 Å². The average Bonchev–Trinajstić information content (AvgIpc) is 3.53. The van der Waals surface area contributed by atoms with E-state index in [9.17, 15) is 9.59 Å². The molecule has 0 fully saturated rings. The van der Waals surface area contributed by atoms with Crippen molar-refractivity contribution in [2.75, 3.05) is 34.0 Å². The smallest absolute Gasteiger partial charge is 0.343 e. The van der Waals surface area contributed by atoms with Crippen LogP contribution in [0.25, 0.3) is 11.3 Å². The van der Waals surface area contributed by atoms with Gasteiger partial charge in [-0.2, -0.15) is 0 Å². The van der Waals surface area contributed by atoms with Crippen molar-refractivity contribution in [2.45, 2.75) is 32.7 Å². The quantitative estimate of drug-likeness (QED) is 0.336. The number of allylic oxidation sites excluding steroid dienone is 2. The molecule has 2 heterocycles. The van der Waals surface area contributed by atoms with Crippen LogP contribution >= 0.6 is 0 Å². The third kappa shape index (κ3) is 4.05. The molecule has 0 radical (unpaired) electrons. The van der Waals surface area contributed by atoms with E-state index in [0.717, 1.165) is 29.7 Å². The van der Waals surface area contributed by atoms with Crippen molar-refractivity contribution in [2.24, 2.45) is 5.41 Å². The molecule has 32 heavy (non-hydrogen) atoms. The van der Waals surface area contributed by atoms with Crippen LogP contribution in [0.4, 0.5) is 0 Å². The molecular formula is C25H29NO6. The number of benzene rings is 1. The Kier molecular flexibility index (Phi) is 6.11. The van der Waals surface area contributed by atoms with Crippen LogP contribution in [0.1, 0.15) is 42.2 Å². The van der Waals surface area contributed by atoms with Gasteiger partial charge in [0, 0.05) is 49.4 Å². The van der Waals surface area contributed by atoms with Crippen LogP contribution in [0.5, 0.6) is 11.5 Å². The van der Waals surface area contributed by atoms with E-state index in [4.69, 9.17) is 18.9 Å². The largest absolute Gasteiger partial charge is 0.493 e. The number of methoxy groups -OCH3 is 2. The number of aromatic nitrogens is 1. The van der Waals surface area contributed by atoms with Crippen molar-refractivity contribution in [3.8, 4) is 22.8 Å². The molecule has 0 saturated heterocycles. The fourth-order valence-corrected chi connectivity index (χ4v) is 4.23. The molecule has 7 heteroatoms. The molecule has 1 aromatic heterocycles. The van der Waals surface area contributed by atoms with Crippen molar-refractivity contribution in [3.63, 3.8) is 0 Å². The van der Waals surface area contributed by atoms with Gasteiger partial charge in [-0.05, 0) is 31.0 Å². The summed E-state index contributed by atoms with van der Waals surface area (Å²) in [5.74, 6) is 0.682. The predicted molar refractivity (Wildman–Crippen MR) is 121 cm³/mol. The Morgan fingerprint density at radius 2 is 1.94 bits per heavy atom. The van der Waals surface area contributed by atoms with E-state index >= 15 is 0 Å². The molecule has 1 aromatic carbocycles. The number of rotatable bonds is 9. The number of carbonyl (C=O) groups is 1. The van der Waals surface area contributed by atoms with Gasteiger partial charge in [-0.1, -0.05) is 19.1 Å². The zero-order valence-corrected chi connectivity index (χ0v) is 19.0. The molecule has 1 atom stereocenters. The Morgan fingerprint density at radius 3 is 2.59 bits per heavy atom. The van der Waals surface area contributed by atoms with Crippen LogP contribution in [-0.4, -0.2) is 44.6 Å². The number of esters is 1. The van der Waals surface area contributed by atoms with Gasteiger partial charge in [0.2, 0.25) is 0 Å². The van der Waals surface area contributed by atoms with E-state index in [-0.39, 0.29) is 29.1 Å². The molecule has 0 bridgehead atoms. The van der Waals surface area contributed by atoms with E-state index in [1.807, 2.05) is 16.7 Å². The van der Waals surface area contributed by atoms with Crippen LogP contribution < -0.4 is 14.9 Å². The first-order valence-corrected chi connectivity index (χ1v) is 10.9. The third-order valence-electron chi connectivity index (χ3n) is 6.15. The molecule has 7 nitrogen and oxygen atoms in total. The molecule has 0 amide bonds. The number of ether oxygens (including phenoxy) is 4. The Morgan fingerprint density at radius 1 is 1.16 bits per heavy atom. The van der Waals surface area contributed by atoms with Gasteiger partial charge in [0.25, 0.3) is 0 Å². The summed E-state index contributed by atoms with van der Waals surface area (Å²) >= 11 is 0. The standard InChI is InChI=1S/C25H29NO6/c1-5-31-24(28)18-15-26-19(14-20(18)27)17-13-21(30-4)22(32-10-6-9-29-3)11-16(17)12-23(26)25(2)7-8-25/h7-8,11,13-15,23H,5-6,9-10,12H2,1-4H3. The lowest BCUT2D eigenvalue weighted by Gasteiger charge is -2.35. The monoisotopic (exact) mass is 439 g/mol. The van der Waals surface area contributed by atoms with Crippen molar-refractivity contribution in [1.29, 1.82) is 0 Å². The normalized spacial score (nSPS) is 17.3. The Bertz CT molecular complexity index is 1110. The molecule has 0 saturated carbocycles. The SMILES string of the molecule is CCOC(=O)c1cn2c(cc1=O)-c1cc(OC)c(OCCCOC)cc1CC2C1(C)C=C1. The van der Waals surface area contributed by atoms with Crippen molar-refractivity contribution in [1.82, 2.24) is 4.57 Å². The molecule has 1 unspecified atom stereocenters. The van der Waals surface area contributed by atoms with Crippen LogP contribution in [0.3, 0.4) is 0 Å².